The highest BCUT2D eigenvalue weighted by Gasteiger charge is 2.18. The zero-order valence-corrected chi connectivity index (χ0v) is 15.7. The molecule has 5 nitrogen and oxygen atoms in total. The van der Waals surface area contributed by atoms with Crippen molar-refractivity contribution in [3.8, 4) is 11.5 Å². The summed E-state index contributed by atoms with van der Waals surface area (Å²) in [7, 11) is 0. The Balaban J connectivity index is 0.00000225. The number of likely N-dealkylation sites (tertiary alicyclic amines) is 1. The van der Waals surface area contributed by atoms with Gasteiger partial charge in [-0.25, -0.2) is 0 Å². The maximum Gasteiger partial charge on any atom is 0.238 e. The molecule has 0 aliphatic carbocycles. The molecule has 1 amide bonds. The van der Waals surface area contributed by atoms with Gasteiger partial charge >= 0.3 is 0 Å². The van der Waals surface area contributed by atoms with Gasteiger partial charge in [0.2, 0.25) is 5.91 Å². The van der Waals surface area contributed by atoms with Gasteiger partial charge in [0.1, 0.15) is 13.2 Å². The summed E-state index contributed by atoms with van der Waals surface area (Å²) >= 11 is 0. The van der Waals surface area contributed by atoms with E-state index in [1.54, 1.807) is 0 Å². The highest BCUT2D eigenvalue weighted by molar-refractivity contribution is 5.93. The van der Waals surface area contributed by atoms with E-state index in [1.165, 1.54) is 19.3 Å². The summed E-state index contributed by atoms with van der Waals surface area (Å²) in [5, 5.41) is 3.10. The van der Waals surface area contributed by atoms with Crippen LogP contribution in [0.15, 0.2) is 12.1 Å². The molecule has 0 aromatic heterocycles. The first-order valence-electron chi connectivity index (χ1n) is 9.21. The fourth-order valence-electron chi connectivity index (χ4n) is 3.33. The number of benzene rings is 1. The van der Waals surface area contributed by atoms with Crippen molar-refractivity contribution >= 4 is 11.6 Å². The van der Waals surface area contributed by atoms with E-state index in [0.29, 0.717) is 19.8 Å². The van der Waals surface area contributed by atoms with Crippen molar-refractivity contribution in [3.63, 3.8) is 0 Å². The number of aryl methyl sites for hydroxylation is 1. The normalized spacial score (nSPS) is 16.8. The zero-order valence-electron chi connectivity index (χ0n) is 15.0. The molecule has 0 atom stereocenters. The van der Waals surface area contributed by atoms with Crippen molar-refractivity contribution in [1.82, 2.24) is 4.90 Å². The average molecular weight is 368 g/mol. The second-order valence-electron chi connectivity index (χ2n) is 6.64. The monoisotopic (exact) mass is 367 g/mol. The molecule has 3 rings (SSSR count). The van der Waals surface area contributed by atoms with Crippen LogP contribution < -0.4 is 27.2 Å². The first kappa shape index (κ1) is 19.9. The van der Waals surface area contributed by atoms with E-state index in [-0.39, 0.29) is 18.3 Å². The number of fused-ring (bicyclic) bond motifs is 1. The van der Waals surface area contributed by atoms with Gasteiger partial charge < -0.3 is 27.2 Å². The predicted molar refractivity (Wildman–Crippen MR) is 95.0 cm³/mol. The summed E-state index contributed by atoms with van der Waals surface area (Å²) in [4.78, 5) is 14.7. The Hall–Kier alpha value is -1.46. The van der Waals surface area contributed by atoms with Crippen molar-refractivity contribution in [2.75, 3.05) is 38.2 Å². The van der Waals surface area contributed by atoms with Crippen LogP contribution in [-0.2, 0) is 11.2 Å². The van der Waals surface area contributed by atoms with Crippen LogP contribution in [0, 0.1) is 0 Å². The van der Waals surface area contributed by atoms with Gasteiger partial charge in [0.25, 0.3) is 0 Å². The van der Waals surface area contributed by atoms with Crippen LogP contribution in [0.25, 0.3) is 0 Å². The maximum absolute atomic E-state index is 12.4. The summed E-state index contributed by atoms with van der Waals surface area (Å²) in [6.07, 6.45) is 6.82. The largest absolute Gasteiger partial charge is 1.00 e. The number of piperidine rings is 1. The molecule has 2 aliphatic rings. The van der Waals surface area contributed by atoms with Crippen LogP contribution in [-0.4, -0.2) is 43.7 Å². The number of hydrogen-bond acceptors (Lipinski definition) is 4. The molecule has 0 spiro atoms. The third-order valence-electron chi connectivity index (χ3n) is 4.66. The Kier molecular flexibility index (Phi) is 7.85. The van der Waals surface area contributed by atoms with E-state index in [9.17, 15) is 4.79 Å². The molecular formula is C19H28ClN2O3-. The van der Waals surface area contributed by atoms with E-state index in [2.05, 4.69) is 17.1 Å². The predicted octanol–water partition coefficient (Wildman–Crippen LogP) is 0.229. The summed E-state index contributed by atoms with van der Waals surface area (Å²) < 4.78 is 11.3. The summed E-state index contributed by atoms with van der Waals surface area (Å²) in [6, 6.07) is 3.95. The minimum Gasteiger partial charge on any atom is -1.00 e. The number of hydrogen-bond donors (Lipinski definition) is 1. The van der Waals surface area contributed by atoms with Crippen molar-refractivity contribution in [2.24, 2.45) is 0 Å². The molecule has 1 fully saturated rings. The summed E-state index contributed by atoms with van der Waals surface area (Å²) in [5.74, 6) is 1.59. The van der Waals surface area contributed by atoms with E-state index in [0.717, 1.165) is 55.1 Å². The molecule has 1 aromatic carbocycles. The number of unbranched alkanes of at least 4 members (excludes halogenated alkanes) is 1. The number of ether oxygens (including phenoxy) is 2. The van der Waals surface area contributed by atoms with Crippen LogP contribution in [0.5, 0.6) is 11.5 Å². The molecule has 0 bridgehead atoms. The van der Waals surface area contributed by atoms with Gasteiger partial charge in [-0.05, 0) is 50.4 Å². The first-order valence-corrected chi connectivity index (χ1v) is 9.21. The molecule has 2 aliphatic heterocycles. The number of amides is 1. The molecule has 6 heteroatoms. The SMILES string of the molecule is CCCCc1cc2c(cc1NC(=O)CN1CCCCC1)OCCO2.[Cl-]. The highest BCUT2D eigenvalue weighted by atomic mass is 35.5. The van der Waals surface area contributed by atoms with Gasteiger partial charge in [-0.1, -0.05) is 19.8 Å². The van der Waals surface area contributed by atoms with E-state index < -0.39 is 0 Å². The highest BCUT2D eigenvalue weighted by Crippen LogP contribution is 2.36. The molecule has 25 heavy (non-hydrogen) atoms. The minimum absolute atomic E-state index is 0. The number of anilines is 1. The van der Waals surface area contributed by atoms with E-state index in [4.69, 9.17) is 9.47 Å². The summed E-state index contributed by atoms with van der Waals surface area (Å²) in [5.41, 5.74) is 2.00. The van der Waals surface area contributed by atoms with Crippen LogP contribution in [0.3, 0.4) is 0 Å². The lowest BCUT2D eigenvalue weighted by molar-refractivity contribution is -0.117. The number of carbonyl (C=O) groups is 1. The van der Waals surface area contributed by atoms with Crippen molar-refractivity contribution < 1.29 is 26.7 Å². The Bertz CT molecular complexity index is 574. The van der Waals surface area contributed by atoms with Crippen LogP contribution in [0.1, 0.15) is 44.6 Å². The number of halogens is 1. The average Bonchev–Trinajstić information content (AvgIpc) is 2.60. The van der Waals surface area contributed by atoms with Gasteiger partial charge in [-0.15, -0.1) is 0 Å². The number of carbonyl (C=O) groups excluding carboxylic acids is 1. The van der Waals surface area contributed by atoms with Crippen molar-refractivity contribution in [1.29, 1.82) is 0 Å². The molecular weight excluding hydrogens is 340 g/mol. The number of nitrogens with zero attached hydrogens (tertiary/aromatic N) is 1. The van der Waals surface area contributed by atoms with Crippen molar-refractivity contribution in [3.05, 3.63) is 17.7 Å². The number of rotatable bonds is 6. The fourth-order valence-corrected chi connectivity index (χ4v) is 3.33. The lowest BCUT2D eigenvalue weighted by Gasteiger charge is -2.26. The van der Waals surface area contributed by atoms with Gasteiger partial charge in [0.05, 0.1) is 6.54 Å². The third kappa shape index (κ3) is 5.51. The fraction of sp³-hybridized carbons (Fsp3) is 0.632. The van der Waals surface area contributed by atoms with Gasteiger partial charge in [-0.2, -0.15) is 0 Å². The van der Waals surface area contributed by atoms with Crippen molar-refractivity contribution in [2.45, 2.75) is 45.4 Å². The lowest BCUT2D eigenvalue weighted by Crippen LogP contribution is -3.00. The third-order valence-corrected chi connectivity index (χ3v) is 4.66. The maximum atomic E-state index is 12.4. The van der Waals surface area contributed by atoms with Crippen LogP contribution >= 0.6 is 0 Å². The van der Waals surface area contributed by atoms with Crippen LogP contribution in [0.4, 0.5) is 5.69 Å². The van der Waals surface area contributed by atoms with Gasteiger partial charge in [-0.3, -0.25) is 9.69 Å². The standard InChI is InChI=1S/C19H28N2O3.ClH/c1-2-3-7-15-12-17-18(24-11-10-23-17)13-16(15)20-19(22)14-21-8-5-4-6-9-21;/h12-13H,2-11,14H2,1H3,(H,20,22);1H/p-1. The summed E-state index contributed by atoms with van der Waals surface area (Å²) in [6.45, 7) is 5.84. The first-order chi connectivity index (χ1) is 11.8. The smallest absolute Gasteiger partial charge is 0.238 e. The minimum atomic E-state index is 0. The molecule has 1 aromatic rings. The second-order valence-corrected chi connectivity index (χ2v) is 6.64. The van der Waals surface area contributed by atoms with Crippen LogP contribution in [0.2, 0.25) is 0 Å². The zero-order chi connectivity index (χ0) is 16.8. The Morgan fingerprint density at radius 1 is 1.12 bits per heavy atom. The molecule has 140 valence electrons. The van der Waals surface area contributed by atoms with Gasteiger partial charge in [0.15, 0.2) is 11.5 Å². The number of nitrogens with one attached hydrogen (secondary N) is 1. The molecule has 2 heterocycles. The Morgan fingerprint density at radius 2 is 1.80 bits per heavy atom. The van der Waals surface area contributed by atoms with Gasteiger partial charge in [0, 0.05) is 11.8 Å². The molecule has 1 N–H and O–H groups in total. The Morgan fingerprint density at radius 3 is 2.48 bits per heavy atom. The molecule has 1 saturated heterocycles. The Labute approximate surface area is 156 Å². The molecule has 0 saturated carbocycles. The van der Waals surface area contributed by atoms with E-state index >= 15 is 0 Å². The second kappa shape index (κ2) is 9.88. The topological polar surface area (TPSA) is 50.8 Å². The molecule has 0 unspecified atom stereocenters. The quantitative estimate of drug-likeness (QED) is 0.782. The lowest BCUT2D eigenvalue weighted by atomic mass is 10.0. The molecule has 0 radical (unpaired) electrons. The van der Waals surface area contributed by atoms with E-state index in [1.807, 2.05) is 12.1 Å².